The van der Waals surface area contributed by atoms with Gasteiger partial charge in [-0.3, -0.25) is 4.79 Å². The number of nitrogens with one attached hydrogen (secondary N) is 1. The molecule has 1 saturated heterocycles. The van der Waals surface area contributed by atoms with Gasteiger partial charge in [0.2, 0.25) is 5.91 Å². The number of piperidine rings is 1. The Bertz CT molecular complexity index is 846. The molecule has 1 atom stereocenters. The third kappa shape index (κ3) is 3.16. The molecule has 1 unspecified atom stereocenters. The summed E-state index contributed by atoms with van der Waals surface area (Å²) in [6.45, 7) is 3.60. The standard InChI is InChI=1S/C19H23N5O/c1-14(24-13-22-16-4-2-3-5-17(16)24)19(25)23-10-6-15(7-11-23)12-18-20-8-9-21-18/h2-5,8-9,13-15H,6-7,10-12H2,1H3,(H,20,21). The Morgan fingerprint density at radius 2 is 2.08 bits per heavy atom. The second-order valence-corrected chi connectivity index (χ2v) is 6.83. The van der Waals surface area contributed by atoms with Crippen molar-refractivity contribution in [3.63, 3.8) is 0 Å². The molecule has 0 radical (unpaired) electrons. The molecule has 0 saturated carbocycles. The van der Waals surface area contributed by atoms with Crippen LogP contribution in [0, 0.1) is 5.92 Å². The molecule has 4 rings (SSSR count). The molecular weight excluding hydrogens is 314 g/mol. The van der Waals surface area contributed by atoms with Crippen LogP contribution >= 0.6 is 0 Å². The van der Waals surface area contributed by atoms with Crippen molar-refractivity contribution in [3.05, 3.63) is 48.8 Å². The number of hydrogen-bond acceptors (Lipinski definition) is 3. The lowest BCUT2D eigenvalue weighted by molar-refractivity contribution is -0.135. The summed E-state index contributed by atoms with van der Waals surface area (Å²) in [6, 6.07) is 7.72. The number of nitrogens with zero attached hydrogens (tertiary/aromatic N) is 4. The van der Waals surface area contributed by atoms with E-state index in [2.05, 4.69) is 15.0 Å². The van der Waals surface area contributed by atoms with Gasteiger partial charge in [0.1, 0.15) is 11.9 Å². The molecule has 3 heterocycles. The molecular formula is C19H23N5O. The van der Waals surface area contributed by atoms with Gasteiger partial charge in [0.25, 0.3) is 0 Å². The molecule has 1 amide bonds. The van der Waals surface area contributed by atoms with Crippen molar-refractivity contribution in [3.8, 4) is 0 Å². The fourth-order valence-corrected chi connectivity index (χ4v) is 3.71. The van der Waals surface area contributed by atoms with Crippen molar-refractivity contribution < 1.29 is 4.79 Å². The average molecular weight is 337 g/mol. The molecule has 6 nitrogen and oxygen atoms in total. The SMILES string of the molecule is CC(C(=O)N1CCC(Cc2ncc[nH]2)CC1)n1cnc2ccccc21. The first kappa shape index (κ1) is 15.9. The predicted octanol–water partition coefficient (Wildman–Crippen LogP) is 2.80. The lowest BCUT2D eigenvalue weighted by Gasteiger charge is -2.33. The number of amides is 1. The fraction of sp³-hybridized carbons (Fsp3) is 0.421. The maximum atomic E-state index is 12.9. The molecule has 1 fully saturated rings. The highest BCUT2D eigenvalue weighted by Crippen LogP contribution is 2.24. The highest BCUT2D eigenvalue weighted by molar-refractivity contribution is 5.83. The van der Waals surface area contributed by atoms with E-state index in [1.54, 1.807) is 12.5 Å². The van der Waals surface area contributed by atoms with Crippen molar-refractivity contribution in [2.24, 2.45) is 5.92 Å². The zero-order valence-electron chi connectivity index (χ0n) is 14.4. The number of likely N-dealkylation sites (tertiary alicyclic amines) is 1. The summed E-state index contributed by atoms with van der Waals surface area (Å²) in [5.74, 6) is 1.82. The van der Waals surface area contributed by atoms with Crippen LogP contribution < -0.4 is 0 Å². The molecule has 1 aromatic carbocycles. The minimum Gasteiger partial charge on any atom is -0.349 e. The number of para-hydroxylation sites is 2. The number of carbonyl (C=O) groups excluding carboxylic acids is 1. The summed E-state index contributed by atoms with van der Waals surface area (Å²) in [5, 5.41) is 0. The average Bonchev–Trinajstić information content (AvgIpc) is 3.31. The molecule has 1 aliphatic rings. The van der Waals surface area contributed by atoms with Crippen LogP contribution in [0.2, 0.25) is 0 Å². The van der Waals surface area contributed by atoms with E-state index in [9.17, 15) is 4.79 Å². The Kier molecular flexibility index (Phi) is 4.26. The first-order valence-electron chi connectivity index (χ1n) is 8.91. The van der Waals surface area contributed by atoms with E-state index in [0.717, 1.165) is 49.2 Å². The number of fused-ring (bicyclic) bond motifs is 1. The van der Waals surface area contributed by atoms with E-state index >= 15 is 0 Å². The van der Waals surface area contributed by atoms with Crippen LogP contribution in [-0.2, 0) is 11.2 Å². The number of H-pyrrole nitrogens is 1. The van der Waals surface area contributed by atoms with Crippen molar-refractivity contribution in [2.75, 3.05) is 13.1 Å². The van der Waals surface area contributed by atoms with Crippen molar-refractivity contribution in [1.82, 2.24) is 24.4 Å². The number of carbonyl (C=O) groups is 1. The van der Waals surface area contributed by atoms with Gasteiger partial charge in [-0.25, -0.2) is 9.97 Å². The largest absolute Gasteiger partial charge is 0.349 e. The van der Waals surface area contributed by atoms with Crippen LogP contribution in [0.5, 0.6) is 0 Å². The Hall–Kier alpha value is -2.63. The van der Waals surface area contributed by atoms with Crippen LogP contribution in [0.25, 0.3) is 11.0 Å². The summed E-state index contributed by atoms with van der Waals surface area (Å²) in [7, 11) is 0. The minimum atomic E-state index is -0.228. The molecule has 0 bridgehead atoms. The fourth-order valence-electron chi connectivity index (χ4n) is 3.71. The molecule has 0 spiro atoms. The van der Waals surface area contributed by atoms with Crippen LogP contribution in [-0.4, -0.2) is 43.4 Å². The Balaban J connectivity index is 1.40. The summed E-state index contributed by atoms with van der Waals surface area (Å²) in [6.07, 6.45) is 8.47. The van der Waals surface area contributed by atoms with Crippen molar-refractivity contribution in [1.29, 1.82) is 0 Å². The van der Waals surface area contributed by atoms with E-state index < -0.39 is 0 Å². The number of imidazole rings is 2. The van der Waals surface area contributed by atoms with Gasteiger partial charge in [0.15, 0.2) is 0 Å². The van der Waals surface area contributed by atoms with Gasteiger partial charge in [0.05, 0.1) is 17.4 Å². The van der Waals surface area contributed by atoms with E-state index in [1.807, 2.05) is 46.9 Å². The van der Waals surface area contributed by atoms with Crippen molar-refractivity contribution in [2.45, 2.75) is 32.2 Å². The lowest BCUT2D eigenvalue weighted by Crippen LogP contribution is -2.42. The molecule has 1 N–H and O–H groups in total. The first-order valence-corrected chi connectivity index (χ1v) is 8.91. The monoisotopic (exact) mass is 337 g/mol. The minimum absolute atomic E-state index is 0.180. The van der Waals surface area contributed by atoms with E-state index in [4.69, 9.17) is 0 Å². The lowest BCUT2D eigenvalue weighted by atomic mass is 9.93. The topological polar surface area (TPSA) is 66.8 Å². The third-order valence-corrected chi connectivity index (χ3v) is 5.22. The molecule has 25 heavy (non-hydrogen) atoms. The highest BCUT2D eigenvalue weighted by atomic mass is 16.2. The first-order chi connectivity index (χ1) is 12.2. The number of aromatic amines is 1. The number of hydrogen-bond donors (Lipinski definition) is 1. The molecule has 1 aliphatic heterocycles. The smallest absolute Gasteiger partial charge is 0.245 e. The zero-order chi connectivity index (χ0) is 17.2. The van der Waals surface area contributed by atoms with Gasteiger partial charge in [-0.1, -0.05) is 12.1 Å². The summed E-state index contributed by atoms with van der Waals surface area (Å²) in [5.41, 5.74) is 1.94. The Morgan fingerprint density at radius 1 is 1.28 bits per heavy atom. The zero-order valence-corrected chi connectivity index (χ0v) is 14.4. The van der Waals surface area contributed by atoms with Gasteiger partial charge >= 0.3 is 0 Å². The second kappa shape index (κ2) is 6.70. The quantitative estimate of drug-likeness (QED) is 0.796. The van der Waals surface area contributed by atoms with E-state index in [-0.39, 0.29) is 11.9 Å². The highest BCUT2D eigenvalue weighted by Gasteiger charge is 2.27. The van der Waals surface area contributed by atoms with E-state index in [0.29, 0.717) is 5.92 Å². The Morgan fingerprint density at radius 3 is 2.84 bits per heavy atom. The van der Waals surface area contributed by atoms with Crippen molar-refractivity contribution >= 4 is 16.9 Å². The van der Waals surface area contributed by atoms with Gasteiger partial charge in [-0.2, -0.15) is 0 Å². The van der Waals surface area contributed by atoms with E-state index in [1.165, 1.54) is 0 Å². The number of rotatable bonds is 4. The third-order valence-electron chi connectivity index (χ3n) is 5.22. The van der Waals surface area contributed by atoms with Gasteiger partial charge in [-0.05, 0) is 37.8 Å². The molecule has 6 heteroatoms. The molecule has 0 aliphatic carbocycles. The van der Waals surface area contributed by atoms with Crippen LogP contribution in [0.1, 0.15) is 31.6 Å². The van der Waals surface area contributed by atoms with Crippen LogP contribution in [0.4, 0.5) is 0 Å². The second-order valence-electron chi connectivity index (χ2n) is 6.83. The maximum absolute atomic E-state index is 12.9. The number of benzene rings is 1. The predicted molar refractivity (Wildman–Crippen MR) is 96.0 cm³/mol. The molecule has 2 aromatic heterocycles. The number of aromatic nitrogens is 4. The van der Waals surface area contributed by atoms with Gasteiger partial charge < -0.3 is 14.5 Å². The van der Waals surface area contributed by atoms with Crippen LogP contribution in [0.15, 0.2) is 43.0 Å². The molecule has 3 aromatic rings. The maximum Gasteiger partial charge on any atom is 0.245 e. The summed E-state index contributed by atoms with van der Waals surface area (Å²) >= 11 is 0. The van der Waals surface area contributed by atoms with Gasteiger partial charge in [0, 0.05) is 31.9 Å². The van der Waals surface area contributed by atoms with Gasteiger partial charge in [-0.15, -0.1) is 0 Å². The molecule has 130 valence electrons. The Labute approximate surface area is 146 Å². The summed E-state index contributed by atoms with van der Waals surface area (Å²) in [4.78, 5) is 26.8. The summed E-state index contributed by atoms with van der Waals surface area (Å²) < 4.78 is 1.98. The van der Waals surface area contributed by atoms with Crippen LogP contribution in [0.3, 0.4) is 0 Å². The normalized spacial score (nSPS) is 17.1.